The monoisotopic (exact) mass is 488 g/mol. The van der Waals surface area contributed by atoms with Crippen molar-refractivity contribution in [2.24, 2.45) is 0 Å². The summed E-state index contributed by atoms with van der Waals surface area (Å²) < 4.78 is 13.5. The fourth-order valence-electron chi connectivity index (χ4n) is 3.59. The molecule has 1 aromatic heterocycles. The van der Waals surface area contributed by atoms with Crippen LogP contribution in [0.4, 0.5) is 10.1 Å². The van der Waals surface area contributed by atoms with Crippen LogP contribution in [-0.4, -0.2) is 71.4 Å². The van der Waals surface area contributed by atoms with E-state index in [2.05, 4.69) is 43.1 Å². The molecule has 1 atom stereocenters. The van der Waals surface area contributed by atoms with Crippen LogP contribution in [-0.2, 0) is 22.4 Å². The number of benzene rings is 2. The number of hydrogen-bond acceptors (Lipinski definition) is 5. The Morgan fingerprint density at radius 2 is 1.80 bits per heavy atom. The molecule has 0 aliphatic rings. The zero-order chi connectivity index (χ0) is 26.7. The summed E-state index contributed by atoms with van der Waals surface area (Å²) in [7, 11) is 6.86. The number of likely N-dealkylation sites (N-methyl/N-ethyl adjacent to an activating group) is 2. The molecule has 0 saturated carbocycles. The van der Waals surface area contributed by atoms with Gasteiger partial charge in [0.25, 0.3) is 12.2 Å². The number of H-pyrrole nitrogens is 1. The number of fused-ring (bicyclic) bond motifs is 1. The van der Waals surface area contributed by atoms with Crippen LogP contribution >= 0.6 is 0 Å². The third-order valence-corrected chi connectivity index (χ3v) is 5.41. The molecular weight excluding hydrogens is 455 g/mol. The van der Waals surface area contributed by atoms with Crippen molar-refractivity contribution >= 4 is 29.0 Å². The Hall–Kier alpha value is -3.79. The Kier molecular flexibility index (Phi) is 11.5. The first-order valence-electron chi connectivity index (χ1n) is 10.9. The van der Waals surface area contributed by atoms with Crippen molar-refractivity contribution in [1.29, 1.82) is 0 Å². The van der Waals surface area contributed by atoms with Crippen LogP contribution in [0.3, 0.4) is 0 Å². The quantitative estimate of drug-likeness (QED) is 0.307. The summed E-state index contributed by atoms with van der Waals surface area (Å²) in [6.07, 6.45) is 3.03. The average molecular weight is 489 g/mol. The zero-order valence-corrected chi connectivity index (χ0v) is 20.9. The highest BCUT2D eigenvalue weighted by molar-refractivity contribution is 5.93. The van der Waals surface area contributed by atoms with Crippen molar-refractivity contribution in [2.75, 3.05) is 28.2 Å². The highest BCUT2D eigenvalue weighted by Crippen LogP contribution is 2.31. The van der Waals surface area contributed by atoms with E-state index < -0.39 is 16.8 Å². The summed E-state index contributed by atoms with van der Waals surface area (Å²) in [6, 6.07) is 10.1. The van der Waals surface area contributed by atoms with E-state index in [0.29, 0.717) is 16.5 Å². The molecule has 2 aromatic carbocycles. The maximum Gasteiger partial charge on any atom is 0.290 e. The van der Waals surface area contributed by atoms with Gasteiger partial charge in [0.2, 0.25) is 5.91 Å². The number of rotatable bonds is 6. The largest absolute Gasteiger partial charge is 0.483 e. The zero-order valence-electron chi connectivity index (χ0n) is 20.9. The lowest BCUT2D eigenvalue weighted by atomic mass is 10.0. The van der Waals surface area contributed by atoms with Gasteiger partial charge < -0.3 is 15.0 Å². The number of nitro benzene ring substituents is 1. The number of carboxylic acid groups (broad SMARTS) is 1. The molecule has 1 unspecified atom stereocenters. The minimum atomic E-state index is -0.675. The predicted molar refractivity (Wildman–Crippen MR) is 134 cm³/mol. The van der Waals surface area contributed by atoms with Gasteiger partial charge in [-0.2, -0.15) is 0 Å². The maximum absolute atomic E-state index is 13.5. The van der Waals surface area contributed by atoms with Gasteiger partial charge in [0.05, 0.1) is 27.9 Å². The average Bonchev–Trinajstić information content (AvgIpc) is 3.19. The predicted octanol–water partition coefficient (Wildman–Crippen LogP) is 4.03. The van der Waals surface area contributed by atoms with Crippen molar-refractivity contribution in [3.8, 4) is 0 Å². The lowest BCUT2D eigenvalue weighted by Crippen LogP contribution is -2.44. The number of non-ortho nitro benzene ring substituents is 1. The molecule has 1 amide bonds. The minimum Gasteiger partial charge on any atom is -0.483 e. The summed E-state index contributed by atoms with van der Waals surface area (Å²) in [6.45, 7) is 4.08. The number of hydrogen-bond donors (Lipinski definition) is 2. The van der Waals surface area contributed by atoms with Crippen LogP contribution < -0.4 is 0 Å². The number of aromatic amines is 1. The maximum atomic E-state index is 13.5. The number of carbonyl (C=O) groups is 2. The molecule has 0 aliphatic carbocycles. The molecular formula is C25H33FN4O5. The van der Waals surface area contributed by atoms with Crippen LogP contribution in [0.2, 0.25) is 0 Å². The van der Waals surface area contributed by atoms with E-state index in [1.807, 2.05) is 0 Å². The molecule has 9 nitrogen and oxygen atoms in total. The summed E-state index contributed by atoms with van der Waals surface area (Å²) in [5.41, 5.74) is 3.52. The minimum absolute atomic E-state index is 0.103. The first kappa shape index (κ1) is 29.2. The van der Waals surface area contributed by atoms with Gasteiger partial charge in [-0.3, -0.25) is 24.6 Å². The number of aromatic nitrogens is 1. The van der Waals surface area contributed by atoms with E-state index in [1.165, 1.54) is 22.1 Å². The van der Waals surface area contributed by atoms with Gasteiger partial charge in [-0.15, -0.1) is 0 Å². The van der Waals surface area contributed by atoms with Gasteiger partial charge in [-0.1, -0.05) is 31.2 Å². The Bertz CT molecular complexity index is 1140. The van der Waals surface area contributed by atoms with Crippen LogP contribution in [0.25, 0.3) is 10.9 Å². The summed E-state index contributed by atoms with van der Waals surface area (Å²) in [5.74, 6) is -0.778. The molecule has 0 saturated heterocycles. The van der Waals surface area contributed by atoms with Crippen LogP contribution in [0.15, 0.2) is 42.6 Å². The van der Waals surface area contributed by atoms with E-state index in [9.17, 15) is 19.3 Å². The van der Waals surface area contributed by atoms with Crippen molar-refractivity contribution < 1.29 is 24.0 Å². The number of nitrogens with zero attached hydrogens (tertiary/aromatic N) is 3. The number of aryl methyl sites for hydroxylation is 2. The highest BCUT2D eigenvalue weighted by atomic mass is 19.1. The fraction of sp³-hybridized carbons (Fsp3) is 0.360. The molecule has 190 valence electrons. The molecule has 2 N–H and O–H groups in total. The van der Waals surface area contributed by atoms with E-state index in [1.54, 1.807) is 39.3 Å². The first-order valence-corrected chi connectivity index (χ1v) is 10.9. The normalized spacial score (nSPS) is 11.1. The standard InChI is InChI=1S/C15H19FN4O3.C9H12.CH2O2/c1-18(2)13(15(21)19(3)4)5-9-8-17-11-6-10(16)7-12(14(9)11)20(22)23;1-3-9-7-5-4-6-8(9)2;2-1-3/h6-8,13,17H,5H2,1-4H3;4-7H,3H2,1-2H3;1H,(H,2,3). The van der Waals surface area contributed by atoms with Crippen LogP contribution in [0.5, 0.6) is 0 Å². The third kappa shape index (κ3) is 8.18. The summed E-state index contributed by atoms with van der Waals surface area (Å²) >= 11 is 0. The number of halogens is 1. The number of carbonyl (C=O) groups excluding carboxylic acids is 1. The molecule has 0 aliphatic heterocycles. The second-order valence-electron chi connectivity index (χ2n) is 8.22. The van der Waals surface area contributed by atoms with Gasteiger partial charge in [0.15, 0.2) is 0 Å². The SMILES string of the molecule is CCc1ccccc1C.CN(C)C(=O)C(Cc1c[nH]c2cc(F)cc([N+](=O)[O-])c12)N(C)C.O=CO. The molecule has 35 heavy (non-hydrogen) atoms. The van der Waals surface area contributed by atoms with Gasteiger partial charge in [-0.25, -0.2) is 4.39 Å². The van der Waals surface area contributed by atoms with Gasteiger partial charge in [0.1, 0.15) is 5.82 Å². The molecule has 0 fully saturated rings. The smallest absolute Gasteiger partial charge is 0.290 e. The molecule has 3 aromatic rings. The Morgan fingerprint density at radius 1 is 1.20 bits per heavy atom. The molecule has 0 bridgehead atoms. The molecule has 10 heteroatoms. The molecule has 3 rings (SSSR count). The molecule has 0 spiro atoms. The van der Waals surface area contributed by atoms with E-state index in [4.69, 9.17) is 9.90 Å². The lowest BCUT2D eigenvalue weighted by molar-refractivity contribution is -0.383. The summed E-state index contributed by atoms with van der Waals surface area (Å²) in [4.78, 5) is 37.4. The molecule has 0 radical (unpaired) electrons. The Morgan fingerprint density at radius 3 is 2.26 bits per heavy atom. The van der Waals surface area contributed by atoms with E-state index >= 15 is 0 Å². The van der Waals surface area contributed by atoms with Gasteiger partial charge in [-0.05, 0) is 56.6 Å². The fourth-order valence-corrected chi connectivity index (χ4v) is 3.59. The highest BCUT2D eigenvalue weighted by Gasteiger charge is 2.26. The van der Waals surface area contributed by atoms with Crippen molar-refractivity contribution in [3.63, 3.8) is 0 Å². The van der Waals surface area contributed by atoms with Gasteiger partial charge >= 0.3 is 0 Å². The number of amides is 1. The lowest BCUT2D eigenvalue weighted by Gasteiger charge is -2.26. The second-order valence-corrected chi connectivity index (χ2v) is 8.22. The van der Waals surface area contributed by atoms with Crippen LogP contribution in [0.1, 0.15) is 23.6 Å². The number of nitro groups is 1. The second kappa shape index (κ2) is 13.8. The summed E-state index contributed by atoms with van der Waals surface area (Å²) in [5, 5.41) is 18.4. The van der Waals surface area contributed by atoms with Crippen molar-refractivity contribution in [3.05, 3.63) is 75.2 Å². The topological polar surface area (TPSA) is 120 Å². The Balaban J connectivity index is 0.000000422. The van der Waals surface area contributed by atoms with E-state index in [-0.39, 0.29) is 24.5 Å². The Labute approximate surface area is 204 Å². The third-order valence-electron chi connectivity index (χ3n) is 5.41. The van der Waals surface area contributed by atoms with E-state index in [0.717, 1.165) is 12.5 Å². The van der Waals surface area contributed by atoms with Gasteiger partial charge in [0, 0.05) is 20.3 Å². The van der Waals surface area contributed by atoms with Crippen molar-refractivity contribution in [2.45, 2.75) is 32.7 Å². The number of nitrogens with one attached hydrogen (secondary N) is 1. The first-order chi connectivity index (χ1) is 16.5. The van der Waals surface area contributed by atoms with Crippen molar-refractivity contribution in [1.82, 2.24) is 14.8 Å². The molecule has 1 heterocycles. The van der Waals surface area contributed by atoms with Crippen LogP contribution in [0, 0.1) is 22.9 Å².